The van der Waals surface area contributed by atoms with E-state index in [-0.39, 0.29) is 5.91 Å². The molecule has 0 saturated carbocycles. The van der Waals surface area contributed by atoms with Crippen LogP contribution >= 0.6 is 22.9 Å². The monoisotopic (exact) mass is 363 g/mol. The molecule has 3 rings (SSSR count). The number of hydrogen-bond acceptors (Lipinski definition) is 4. The van der Waals surface area contributed by atoms with E-state index in [2.05, 4.69) is 29.0 Å². The van der Waals surface area contributed by atoms with Crippen molar-refractivity contribution in [1.82, 2.24) is 9.88 Å². The fourth-order valence-electron chi connectivity index (χ4n) is 3.20. The van der Waals surface area contributed by atoms with Gasteiger partial charge in [-0.2, -0.15) is 0 Å². The van der Waals surface area contributed by atoms with E-state index in [1.807, 2.05) is 29.6 Å². The number of benzene rings is 1. The van der Waals surface area contributed by atoms with Crippen molar-refractivity contribution in [2.75, 3.05) is 11.9 Å². The number of piperidine rings is 1. The summed E-state index contributed by atoms with van der Waals surface area (Å²) in [5.74, 6) is 0.00704. The van der Waals surface area contributed by atoms with Crippen molar-refractivity contribution in [3.63, 3.8) is 0 Å². The number of halogens is 1. The van der Waals surface area contributed by atoms with Gasteiger partial charge in [0.25, 0.3) is 0 Å². The Kier molecular flexibility index (Phi) is 5.54. The number of nitrogens with one attached hydrogen (secondary N) is 1. The van der Waals surface area contributed by atoms with Crippen molar-refractivity contribution in [1.29, 1.82) is 0 Å². The Morgan fingerprint density at radius 2 is 1.96 bits per heavy atom. The number of likely N-dealkylation sites (tertiary alicyclic amines) is 1. The Hall–Kier alpha value is -1.43. The molecule has 1 saturated heterocycles. The first kappa shape index (κ1) is 17.4. The molecule has 0 radical (unpaired) electrons. The minimum absolute atomic E-state index is 0.00704. The first-order valence-electron chi connectivity index (χ1n) is 8.30. The summed E-state index contributed by atoms with van der Waals surface area (Å²) in [7, 11) is 0. The highest BCUT2D eigenvalue weighted by Crippen LogP contribution is 2.26. The quantitative estimate of drug-likeness (QED) is 0.858. The molecular weight excluding hydrogens is 342 g/mol. The van der Waals surface area contributed by atoms with Crippen LogP contribution in [-0.4, -0.2) is 34.4 Å². The van der Waals surface area contributed by atoms with Crippen molar-refractivity contribution in [2.45, 2.75) is 45.2 Å². The van der Waals surface area contributed by atoms with Crippen LogP contribution in [0.4, 0.5) is 5.13 Å². The normalized spacial score (nSPS) is 21.6. The smallest absolute Gasteiger partial charge is 0.240 e. The van der Waals surface area contributed by atoms with E-state index < -0.39 is 0 Å². The molecule has 2 aromatic rings. The van der Waals surface area contributed by atoms with E-state index in [1.165, 1.54) is 17.8 Å². The van der Waals surface area contributed by atoms with Crippen LogP contribution in [0, 0.1) is 0 Å². The van der Waals surface area contributed by atoms with Crippen molar-refractivity contribution in [2.24, 2.45) is 0 Å². The Morgan fingerprint density at radius 1 is 1.29 bits per heavy atom. The second-order valence-corrected chi connectivity index (χ2v) is 7.69. The topological polar surface area (TPSA) is 45.2 Å². The Bertz CT molecular complexity index is 691. The van der Waals surface area contributed by atoms with E-state index in [0.29, 0.717) is 28.8 Å². The molecule has 1 aromatic heterocycles. The number of nitrogens with zero attached hydrogens (tertiary/aromatic N) is 2. The van der Waals surface area contributed by atoms with Crippen molar-refractivity contribution < 1.29 is 4.79 Å². The molecule has 24 heavy (non-hydrogen) atoms. The first-order chi connectivity index (χ1) is 11.5. The van der Waals surface area contributed by atoms with Crippen LogP contribution in [0.25, 0.3) is 11.3 Å². The average molecular weight is 364 g/mol. The van der Waals surface area contributed by atoms with Gasteiger partial charge in [-0.05, 0) is 38.8 Å². The number of hydrogen-bond donors (Lipinski definition) is 1. The molecule has 128 valence electrons. The molecular formula is C18H22ClN3OS. The molecule has 2 heterocycles. The molecule has 0 aliphatic carbocycles. The number of anilines is 1. The van der Waals surface area contributed by atoms with Crippen molar-refractivity contribution >= 4 is 34.0 Å². The predicted molar refractivity (Wildman–Crippen MR) is 101 cm³/mol. The third kappa shape index (κ3) is 4.15. The Labute approximate surface area is 151 Å². The molecule has 2 atom stereocenters. The zero-order valence-corrected chi connectivity index (χ0v) is 15.5. The maximum absolute atomic E-state index is 12.4. The van der Waals surface area contributed by atoms with E-state index in [4.69, 9.17) is 11.6 Å². The van der Waals surface area contributed by atoms with Crippen LogP contribution in [0.3, 0.4) is 0 Å². The van der Waals surface area contributed by atoms with Crippen LogP contribution in [0.2, 0.25) is 5.02 Å². The number of rotatable bonds is 4. The zero-order valence-electron chi connectivity index (χ0n) is 14.0. The highest BCUT2D eigenvalue weighted by Gasteiger charge is 2.26. The van der Waals surface area contributed by atoms with Crippen molar-refractivity contribution in [3.05, 3.63) is 34.7 Å². The molecule has 1 N–H and O–H groups in total. The fraction of sp³-hybridized carbons (Fsp3) is 0.444. The minimum atomic E-state index is 0.00704. The Balaban J connectivity index is 1.62. The number of carbonyl (C=O) groups excluding carboxylic acids is 1. The Morgan fingerprint density at radius 3 is 2.62 bits per heavy atom. The second kappa shape index (κ2) is 7.64. The summed E-state index contributed by atoms with van der Waals surface area (Å²) in [6.45, 7) is 4.83. The summed E-state index contributed by atoms with van der Waals surface area (Å²) >= 11 is 7.36. The summed E-state index contributed by atoms with van der Waals surface area (Å²) in [6.07, 6.45) is 3.57. The van der Waals surface area contributed by atoms with E-state index in [1.54, 1.807) is 0 Å². The number of amides is 1. The van der Waals surface area contributed by atoms with E-state index in [9.17, 15) is 4.79 Å². The molecule has 1 fully saturated rings. The minimum Gasteiger partial charge on any atom is -0.301 e. The molecule has 1 aliphatic rings. The van der Waals surface area contributed by atoms with Gasteiger partial charge in [0.2, 0.25) is 5.91 Å². The van der Waals surface area contributed by atoms with Crippen LogP contribution < -0.4 is 5.32 Å². The average Bonchev–Trinajstić information content (AvgIpc) is 3.00. The van der Waals surface area contributed by atoms with Crippen LogP contribution in [-0.2, 0) is 4.79 Å². The predicted octanol–water partition coefficient (Wildman–Crippen LogP) is 4.66. The lowest BCUT2D eigenvalue weighted by Gasteiger charge is -2.38. The molecule has 0 bridgehead atoms. The molecule has 0 spiro atoms. The summed E-state index contributed by atoms with van der Waals surface area (Å²) in [6, 6.07) is 8.46. The lowest BCUT2D eigenvalue weighted by Crippen LogP contribution is -2.47. The van der Waals surface area contributed by atoms with Crippen LogP contribution in [0.5, 0.6) is 0 Å². The lowest BCUT2D eigenvalue weighted by atomic mass is 9.97. The highest BCUT2D eigenvalue weighted by atomic mass is 35.5. The van der Waals surface area contributed by atoms with Gasteiger partial charge in [-0.25, -0.2) is 4.98 Å². The van der Waals surface area contributed by atoms with Gasteiger partial charge in [-0.15, -0.1) is 11.3 Å². The van der Waals surface area contributed by atoms with Crippen molar-refractivity contribution in [3.8, 4) is 11.3 Å². The van der Waals surface area contributed by atoms with Gasteiger partial charge < -0.3 is 5.32 Å². The highest BCUT2D eigenvalue weighted by molar-refractivity contribution is 7.14. The molecule has 1 amide bonds. The van der Waals surface area contributed by atoms with Gasteiger partial charge in [0.05, 0.1) is 12.2 Å². The van der Waals surface area contributed by atoms with Gasteiger partial charge in [0, 0.05) is 28.0 Å². The lowest BCUT2D eigenvalue weighted by molar-refractivity contribution is -0.118. The van der Waals surface area contributed by atoms with Gasteiger partial charge in [0.1, 0.15) is 0 Å². The van der Waals surface area contributed by atoms with Crippen LogP contribution in [0.15, 0.2) is 29.6 Å². The first-order valence-corrected chi connectivity index (χ1v) is 9.56. The molecule has 1 aliphatic heterocycles. The summed E-state index contributed by atoms with van der Waals surface area (Å²) in [5, 5.41) is 6.22. The maximum Gasteiger partial charge on any atom is 0.240 e. The molecule has 4 nitrogen and oxygen atoms in total. The number of thiazole rings is 1. The third-order valence-electron chi connectivity index (χ3n) is 4.59. The molecule has 6 heteroatoms. The van der Waals surface area contributed by atoms with Gasteiger partial charge in [-0.1, -0.05) is 30.2 Å². The van der Waals surface area contributed by atoms with Crippen LogP contribution in [0.1, 0.15) is 33.1 Å². The largest absolute Gasteiger partial charge is 0.301 e. The summed E-state index contributed by atoms with van der Waals surface area (Å²) in [4.78, 5) is 19.1. The maximum atomic E-state index is 12.4. The number of carbonyl (C=O) groups is 1. The molecule has 0 unspecified atom stereocenters. The summed E-state index contributed by atoms with van der Waals surface area (Å²) < 4.78 is 0. The zero-order chi connectivity index (χ0) is 17.1. The third-order valence-corrected chi connectivity index (χ3v) is 5.60. The number of aromatic nitrogens is 1. The SMILES string of the molecule is C[C@@H]1CCC[C@H](C)N1CC(=O)Nc1nc(-c2ccc(Cl)cc2)cs1. The fourth-order valence-corrected chi connectivity index (χ4v) is 4.06. The summed E-state index contributed by atoms with van der Waals surface area (Å²) in [5.41, 5.74) is 1.85. The van der Waals surface area contributed by atoms with E-state index >= 15 is 0 Å². The molecule has 1 aromatic carbocycles. The second-order valence-electron chi connectivity index (χ2n) is 6.39. The van der Waals surface area contributed by atoms with Gasteiger partial charge in [-0.3, -0.25) is 9.69 Å². The van der Waals surface area contributed by atoms with Gasteiger partial charge in [0.15, 0.2) is 5.13 Å². The van der Waals surface area contributed by atoms with Gasteiger partial charge >= 0.3 is 0 Å². The van der Waals surface area contributed by atoms with E-state index in [0.717, 1.165) is 24.1 Å². The standard InChI is InChI=1S/C18H22ClN3OS/c1-12-4-3-5-13(2)22(12)10-17(23)21-18-20-16(11-24-18)14-6-8-15(19)9-7-14/h6-9,11-13H,3-5,10H2,1-2H3,(H,20,21,23)/t12-,13+.